The number of carboxylic acids is 1. The predicted molar refractivity (Wildman–Crippen MR) is 68.4 cm³/mol. The molecule has 0 aromatic heterocycles. The SMILES string of the molecule is CC(C(=O)O)N(C)C(=O)c1ccc(CCN)cc1. The number of nitrogens with zero attached hydrogens (tertiary/aromatic N) is 1. The van der Waals surface area contributed by atoms with Gasteiger partial charge in [0, 0.05) is 12.6 Å². The quantitative estimate of drug-likeness (QED) is 0.807. The molecule has 3 N–H and O–H groups in total. The highest BCUT2D eigenvalue weighted by Crippen LogP contribution is 2.09. The van der Waals surface area contributed by atoms with Crippen molar-refractivity contribution in [2.75, 3.05) is 13.6 Å². The lowest BCUT2D eigenvalue weighted by Gasteiger charge is -2.21. The average molecular weight is 250 g/mol. The summed E-state index contributed by atoms with van der Waals surface area (Å²) in [6, 6.07) is 6.21. The summed E-state index contributed by atoms with van der Waals surface area (Å²) in [6.07, 6.45) is 0.760. The number of nitrogens with two attached hydrogens (primary N) is 1. The number of hydrogen-bond acceptors (Lipinski definition) is 3. The van der Waals surface area contributed by atoms with E-state index in [0.717, 1.165) is 12.0 Å². The summed E-state index contributed by atoms with van der Waals surface area (Å²) in [4.78, 5) is 24.0. The zero-order chi connectivity index (χ0) is 13.7. The largest absolute Gasteiger partial charge is 0.480 e. The van der Waals surface area contributed by atoms with E-state index in [1.807, 2.05) is 12.1 Å². The van der Waals surface area contributed by atoms with Crippen molar-refractivity contribution in [1.29, 1.82) is 0 Å². The van der Waals surface area contributed by atoms with E-state index >= 15 is 0 Å². The number of carbonyl (C=O) groups is 2. The second-order valence-corrected chi connectivity index (χ2v) is 4.17. The van der Waals surface area contributed by atoms with E-state index in [0.29, 0.717) is 12.1 Å². The fourth-order valence-electron chi connectivity index (χ4n) is 1.53. The Morgan fingerprint density at radius 2 is 1.89 bits per heavy atom. The standard InChI is InChI=1S/C13H18N2O3/c1-9(13(17)18)15(2)12(16)11-5-3-10(4-6-11)7-8-14/h3-6,9H,7-8,14H2,1-2H3,(H,17,18). The van der Waals surface area contributed by atoms with Crippen LogP contribution in [0.4, 0.5) is 0 Å². The molecule has 0 saturated heterocycles. The number of rotatable bonds is 5. The maximum absolute atomic E-state index is 12.0. The van der Waals surface area contributed by atoms with Crippen molar-refractivity contribution in [3.63, 3.8) is 0 Å². The molecule has 0 aliphatic heterocycles. The summed E-state index contributed by atoms with van der Waals surface area (Å²) in [6.45, 7) is 2.03. The van der Waals surface area contributed by atoms with E-state index in [1.165, 1.54) is 18.9 Å². The van der Waals surface area contributed by atoms with Gasteiger partial charge in [-0.25, -0.2) is 4.79 Å². The molecular formula is C13H18N2O3. The maximum Gasteiger partial charge on any atom is 0.326 e. The third kappa shape index (κ3) is 3.30. The van der Waals surface area contributed by atoms with E-state index in [9.17, 15) is 9.59 Å². The van der Waals surface area contributed by atoms with Crippen LogP contribution in [-0.4, -0.2) is 41.5 Å². The molecule has 0 radical (unpaired) electrons. The Bertz CT molecular complexity index is 428. The van der Waals surface area contributed by atoms with Crippen molar-refractivity contribution < 1.29 is 14.7 Å². The third-order valence-corrected chi connectivity index (χ3v) is 2.89. The molecule has 0 spiro atoms. The van der Waals surface area contributed by atoms with Gasteiger partial charge in [0.1, 0.15) is 6.04 Å². The van der Waals surface area contributed by atoms with Crippen molar-refractivity contribution in [2.45, 2.75) is 19.4 Å². The first-order valence-corrected chi connectivity index (χ1v) is 5.76. The fraction of sp³-hybridized carbons (Fsp3) is 0.385. The van der Waals surface area contributed by atoms with Crippen molar-refractivity contribution >= 4 is 11.9 Å². The number of carbonyl (C=O) groups excluding carboxylic acids is 1. The molecule has 18 heavy (non-hydrogen) atoms. The molecule has 0 aliphatic rings. The van der Waals surface area contributed by atoms with Gasteiger partial charge in [0.25, 0.3) is 5.91 Å². The molecule has 1 amide bonds. The van der Waals surface area contributed by atoms with Crippen molar-refractivity contribution in [2.24, 2.45) is 5.73 Å². The highest BCUT2D eigenvalue weighted by molar-refractivity contribution is 5.96. The summed E-state index contributed by atoms with van der Waals surface area (Å²) in [7, 11) is 1.48. The lowest BCUT2D eigenvalue weighted by Crippen LogP contribution is -2.40. The summed E-state index contributed by atoms with van der Waals surface area (Å²) in [5.74, 6) is -1.32. The van der Waals surface area contributed by atoms with Crippen LogP contribution in [0.5, 0.6) is 0 Å². The third-order valence-electron chi connectivity index (χ3n) is 2.89. The molecule has 5 nitrogen and oxygen atoms in total. The van der Waals surface area contributed by atoms with E-state index in [-0.39, 0.29) is 5.91 Å². The predicted octanol–water partition coefficient (Wildman–Crippen LogP) is 0.733. The highest BCUT2D eigenvalue weighted by Gasteiger charge is 2.22. The van der Waals surface area contributed by atoms with Crippen LogP contribution in [0.15, 0.2) is 24.3 Å². The van der Waals surface area contributed by atoms with Gasteiger partial charge in [-0.1, -0.05) is 12.1 Å². The van der Waals surface area contributed by atoms with Crippen LogP contribution >= 0.6 is 0 Å². The minimum Gasteiger partial charge on any atom is -0.480 e. The Hall–Kier alpha value is -1.88. The number of amides is 1. The van der Waals surface area contributed by atoms with Crippen molar-refractivity contribution in [1.82, 2.24) is 4.90 Å². The van der Waals surface area contributed by atoms with Crippen LogP contribution in [0.3, 0.4) is 0 Å². The van der Waals surface area contributed by atoms with Gasteiger partial charge < -0.3 is 15.7 Å². The Balaban J connectivity index is 2.80. The Kier molecular flexibility index (Phi) is 4.85. The second kappa shape index (κ2) is 6.16. The molecule has 0 fully saturated rings. The van der Waals surface area contributed by atoms with Gasteiger partial charge in [-0.15, -0.1) is 0 Å². The summed E-state index contributed by atoms with van der Waals surface area (Å²) < 4.78 is 0. The maximum atomic E-state index is 12.0. The van der Waals surface area contributed by atoms with Crippen LogP contribution in [0, 0.1) is 0 Å². The van der Waals surface area contributed by atoms with Crippen LogP contribution in [-0.2, 0) is 11.2 Å². The first kappa shape index (κ1) is 14.2. The zero-order valence-electron chi connectivity index (χ0n) is 10.6. The molecule has 0 bridgehead atoms. The van der Waals surface area contributed by atoms with Gasteiger partial charge >= 0.3 is 5.97 Å². The molecule has 1 aromatic rings. The second-order valence-electron chi connectivity index (χ2n) is 4.17. The normalized spacial score (nSPS) is 11.9. The summed E-state index contributed by atoms with van der Waals surface area (Å²) in [5.41, 5.74) is 6.98. The number of hydrogen-bond donors (Lipinski definition) is 2. The lowest BCUT2D eigenvalue weighted by atomic mass is 10.1. The minimum absolute atomic E-state index is 0.302. The minimum atomic E-state index is -1.02. The van der Waals surface area contributed by atoms with Gasteiger partial charge in [0.2, 0.25) is 0 Å². The molecule has 0 aliphatic carbocycles. The number of benzene rings is 1. The van der Waals surface area contributed by atoms with E-state index in [1.54, 1.807) is 12.1 Å². The smallest absolute Gasteiger partial charge is 0.326 e. The van der Waals surface area contributed by atoms with Gasteiger partial charge in [-0.3, -0.25) is 4.79 Å². The monoisotopic (exact) mass is 250 g/mol. The van der Waals surface area contributed by atoms with Crippen LogP contribution in [0.1, 0.15) is 22.8 Å². The van der Waals surface area contributed by atoms with Crippen molar-refractivity contribution in [3.05, 3.63) is 35.4 Å². The topological polar surface area (TPSA) is 83.6 Å². The first-order valence-electron chi connectivity index (χ1n) is 5.76. The van der Waals surface area contributed by atoms with Crippen LogP contribution in [0.2, 0.25) is 0 Å². The molecule has 0 saturated carbocycles. The average Bonchev–Trinajstić information content (AvgIpc) is 2.37. The molecule has 1 atom stereocenters. The first-order chi connectivity index (χ1) is 8.47. The number of carboxylic acid groups (broad SMARTS) is 1. The number of likely N-dealkylation sites (N-methyl/N-ethyl adjacent to an activating group) is 1. The van der Waals surface area contributed by atoms with E-state index < -0.39 is 12.0 Å². The molecule has 1 rings (SSSR count). The Labute approximate surface area is 106 Å². The summed E-state index contributed by atoms with van der Waals surface area (Å²) >= 11 is 0. The van der Waals surface area contributed by atoms with Crippen LogP contribution < -0.4 is 5.73 Å². The highest BCUT2D eigenvalue weighted by atomic mass is 16.4. The van der Waals surface area contributed by atoms with Gasteiger partial charge in [-0.05, 0) is 37.6 Å². The lowest BCUT2D eigenvalue weighted by molar-refractivity contribution is -0.141. The molecule has 1 aromatic carbocycles. The van der Waals surface area contributed by atoms with Gasteiger partial charge in [0.15, 0.2) is 0 Å². The molecule has 98 valence electrons. The van der Waals surface area contributed by atoms with Gasteiger partial charge in [-0.2, -0.15) is 0 Å². The Morgan fingerprint density at radius 1 is 1.33 bits per heavy atom. The van der Waals surface area contributed by atoms with Crippen LogP contribution in [0.25, 0.3) is 0 Å². The van der Waals surface area contributed by atoms with Crippen molar-refractivity contribution in [3.8, 4) is 0 Å². The Morgan fingerprint density at radius 3 is 2.33 bits per heavy atom. The molecule has 5 heteroatoms. The summed E-state index contributed by atoms with van der Waals surface area (Å²) in [5, 5.41) is 8.85. The number of aliphatic carboxylic acids is 1. The zero-order valence-corrected chi connectivity index (χ0v) is 10.6. The molecular weight excluding hydrogens is 232 g/mol. The fourth-order valence-corrected chi connectivity index (χ4v) is 1.53. The molecule has 1 unspecified atom stereocenters. The van der Waals surface area contributed by atoms with E-state index in [2.05, 4.69) is 0 Å². The van der Waals surface area contributed by atoms with Gasteiger partial charge in [0.05, 0.1) is 0 Å². The molecule has 0 heterocycles. The van der Waals surface area contributed by atoms with E-state index in [4.69, 9.17) is 10.8 Å².